The van der Waals surface area contributed by atoms with Crippen LogP contribution in [0, 0.1) is 17.1 Å². The van der Waals surface area contributed by atoms with E-state index < -0.39 is 0 Å². The van der Waals surface area contributed by atoms with Gasteiger partial charge in [-0.05, 0) is 38.4 Å². The number of nitriles is 1. The normalized spacial score (nSPS) is 20.1. The Balaban J connectivity index is 1.74. The maximum Gasteiger partial charge on any atom is 0.231 e. The third-order valence-corrected chi connectivity index (χ3v) is 4.34. The highest BCUT2D eigenvalue weighted by Gasteiger charge is 2.28. The quantitative estimate of drug-likeness (QED) is 0.865. The molecule has 0 aliphatic carbocycles. The van der Waals surface area contributed by atoms with E-state index in [9.17, 15) is 4.39 Å². The fourth-order valence-electron chi connectivity index (χ4n) is 3.02. The number of benzene rings is 1. The molecule has 1 aromatic heterocycles. The van der Waals surface area contributed by atoms with Gasteiger partial charge in [0.05, 0.1) is 18.4 Å². The highest BCUT2D eigenvalue weighted by molar-refractivity contribution is 5.53. The van der Waals surface area contributed by atoms with Gasteiger partial charge >= 0.3 is 0 Å². The summed E-state index contributed by atoms with van der Waals surface area (Å²) in [6.07, 6.45) is 2.55. The number of piperidine rings is 1. The van der Waals surface area contributed by atoms with Gasteiger partial charge < -0.3 is 4.52 Å². The molecule has 0 N–H and O–H groups in total. The van der Waals surface area contributed by atoms with E-state index in [1.54, 1.807) is 12.1 Å². The molecular formula is C17H19FN4O. The molecule has 2 heterocycles. The van der Waals surface area contributed by atoms with E-state index in [0.29, 0.717) is 23.7 Å². The van der Waals surface area contributed by atoms with E-state index in [0.717, 1.165) is 25.9 Å². The Morgan fingerprint density at radius 2 is 2.39 bits per heavy atom. The minimum atomic E-state index is -0.317. The van der Waals surface area contributed by atoms with Gasteiger partial charge in [0.25, 0.3) is 0 Å². The second-order valence-corrected chi connectivity index (χ2v) is 6.01. The zero-order valence-electron chi connectivity index (χ0n) is 13.1. The molecule has 1 aliphatic rings. The SMILES string of the molecule is CC(CC#N)N1CCCC(c2nc(-c3cccc(F)c3)no2)C1. The van der Waals surface area contributed by atoms with Crippen LogP contribution in [0.25, 0.3) is 11.4 Å². The smallest absolute Gasteiger partial charge is 0.231 e. The highest BCUT2D eigenvalue weighted by atomic mass is 19.1. The van der Waals surface area contributed by atoms with E-state index in [-0.39, 0.29) is 17.8 Å². The number of hydrogen-bond donors (Lipinski definition) is 0. The topological polar surface area (TPSA) is 66.0 Å². The van der Waals surface area contributed by atoms with Crippen molar-refractivity contribution in [1.29, 1.82) is 5.26 Å². The van der Waals surface area contributed by atoms with Crippen molar-refractivity contribution in [3.63, 3.8) is 0 Å². The first-order chi connectivity index (χ1) is 11.2. The van der Waals surface area contributed by atoms with Crippen molar-refractivity contribution in [2.75, 3.05) is 13.1 Å². The van der Waals surface area contributed by atoms with Crippen LogP contribution in [0.5, 0.6) is 0 Å². The molecule has 5 nitrogen and oxygen atoms in total. The molecule has 1 fully saturated rings. The Labute approximate surface area is 134 Å². The lowest BCUT2D eigenvalue weighted by Gasteiger charge is -2.34. The standard InChI is InChI=1S/C17H19FN4O/c1-12(7-8-19)22-9-3-5-14(11-22)17-20-16(21-23-17)13-4-2-6-15(18)10-13/h2,4,6,10,12,14H,3,5,7,9,11H2,1H3. The van der Waals surface area contributed by atoms with E-state index in [1.807, 2.05) is 0 Å². The Kier molecular flexibility index (Phi) is 4.68. The number of likely N-dealkylation sites (tertiary alicyclic amines) is 1. The van der Waals surface area contributed by atoms with Gasteiger partial charge in [-0.3, -0.25) is 4.90 Å². The summed E-state index contributed by atoms with van der Waals surface area (Å²) < 4.78 is 18.7. The minimum Gasteiger partial charge on any atom is -0.339 e. The van der Waals surface area contributed by atoms with E-state index >= 15 is 0 Å². The van der Waals surface area contributed by atoms with Crippen molar-refractivity contribution < 1.29 is 8.91 Å². The predicted molar refractivity (Wildman–Crippen MR) is 82.9 cm³/mol. The van der Waals surface area contributed by atoms with E-state index in [2.05, 4.69) is 28.0 Å². The molecule has 0 amide bonds. The summed E-state index contributed by atoms with van der Waals surface area (Å²) in [6.45, 7) is 3.87. The van der Waals surface area contributed by atoms with Crippen molar-refractivity contribution in [2.24, 2.45) is 0 Å². The predicted octanol–water partition coefficient (Wildman–Crippen LogP) is 3.36. The van der Waals surface area contributed by atoms with Crippen molar-refractivity contribution in [1.82, 2.24) is 15.0 Å². The first-order valence-electron chi connectivity index (χ1n) is 7.88. The van der Waals surface area contributed by atoms with Crippen molar-refractivity contribution >= 4 is 0 Å². The van der Waals surface area contributed by atoms with Crippen LogP contribution in [-0.4, -0.2) is 34.2 Å². The number of rotatable bonds is 4. The number of hydrogen-bond acceptors (Lipinski definition) is 5. The van der Waals surface area contributed by atoms with Crippen LogP contribution in [0.4, 0.5) is 4.39 Å². The lowest BCUT2D eigenvalue weighted by molar-refractivity contribution is 0.146. The van der Waals surface area contributed by atoms with Gasteiger partial charge in [-0.15, -0.1) is 0 Å². The van der Waals surface area contributed by atoms with Gasteiger partial charge in [0.15, 0.2) is 0 Å². The van der Waals surface area contributed by atoms with Crippen molar-refractivity contribution in [3.8, 4) is 17.5 Å². The van der Waals surface area contributed by atoms with Gasteiger partial charge in [0, 0.05) is 18.2 Å². The highest BCUT2D eigenvalue weighted by Crippen LogP contribution is 2.29. The first kappa shape index (κ1) is 15.6. The number of halogens is 1. The second kappa shape index (κ2) is 6.88. The molecule has 1 aromatic carbocycles. The van der Waals surface area contributed by atoms with Gasteiger partial charge in [0.1, 0.15) is 5.82 Å². The average Bonchev–Trinajstić information content (AvgIpc) is 3.05. The van der Waals surface area contributed by atoms with Crippen molar-refractivity contribution in [3.05, 3.63) is 36.0 Å². The van der Waals surface area contributed by atoms with Crippen molar-refractivity contribution in [2.45, 2.75) is 38.1 Å². The summed E-state index contributed by atoms with van der Waals surface area (Å²) in [6, 6.07) is 8.64. The molecule has 3 rings (SSSR count). The molecule has 23 heavy (non-hydrogen) atoms. The molecule has 1 saturated heterocycles. The molecule has 0 saturated carbocycles. The van der Waals surface area contributed by atoms with E-state index in [4.69, 9.17) is 9.78 Å². The maximum absolute atomic E-state index is 13.3. The molecule has 0 radical (unpaired) electrons. The molecule has 1 aliphatic heterocycles. The summed E-state index contributed by atoms with van der Waals surface area (Å²) in [5, 5.41) is 12.8. The summed E-state index contributed by atoms with van der Waals surface area (Å²) in [7, 11) is 0. The molecule has 6 heteroatoms. The fraction of sp³-hybridized carbons (Fsp3) is 0.471. The Morgan fingerprint density at radius 1 is 1.52 bits per heavy atom. The van der Waals surface area contributed by atoms with Crippen LogP contribution < -0.4 is 0 Å². The summed E-state index contributed by atoms with van der Waals surface area (Å²) in [4.78, 5) is 6.74. The molecule has 2 unspecified atom stereocenters. The van der Waals surface area contributed by atoms with Crippen LogP contribution in [0.3, 0.4) is 0 Å². The van der Waals surface area contributed by atoms with E-state index in [1.165, 1.54) is 12.1 Å². The third-order valence-electron chi connectivity index (χ3n) is 4.34. The van der Waals surface area contributed by atoms with Crippen LogP contribution in [0.2, 0.25) is 0 Å². The minimum absolute atomic E-state index is 0.166. The average molecular weight is 314 g/mol. The van der Waals surface area contributed by atoms with Crippen LogP contribution in [0.1, 0.15) is 38.0 Å². The Bertz CT molecular complexity index is 709. The fourth-order valence-corrected chi connectivity index (χ4v) is 3.02. The summed E-state index contributed by atoms with van der Waals surface area (Å²) in [5.74, 6) is 0.863. The first-order valence-corrected chi connectivity index (χ1v) is 7.88. The molecule has 2 aromatic rings. The third kappa shape index (κ3) is 3.57. The molecule has 120 valence electrons. The zero-order valence-corrected chi connectivity index (χ0v) is 13.1. The van der Waals surface area contributed by atoms with Gasteiger partial charge in [-0.1, -0.05) is 17.3 Å². The van der Waals surface area contributed by atoms with Gasteiger partial charge in [-0.25, -0.2) is 4.39 Å². The second-order valence-electron chi connectivity index (χ2n) is 6.01. The summed E-state index contributed by atoms with van der Waals surface area (Å²) >= 11 is 0. The largest absolute Gasteiger partial charge is 0.339 e. The van der Waals surface area contributed by atoms with Gasteiger partial charge in [0.2, 0.25) is 11.7 Å². The monoisotopic (exact) mass is 314 g/mol. The molecular weight excluding hydrogens is 295 g/mol. The zero-order chi connectivity index (χ0) is 16.2. The molecule has 0 spiro atoms. The lowest BCUT2D eigenvalue weighted by atomic mass is 9.96. The summed E-state index contributed by atoms with van der Waals surface area (Å²) in [5.41, 5.74) is 0.616. The number of nitrogens with zero attached hydrogens (tertiary/aromatic N) is 4. The molecule has 0 bridgehead atoms. The molecule has 2 atom stereocenters. The maximum atomic E-state index is 13.3. The number of aromatic nitrogens is 2. The van der Waals surface area contributed by atoms with Gasteiger partial charge in [-0.2, -0.15) is 10.2 Å². The Morgan fingerprint density at radius 3 is 3.17 bits per heavy atom. The lowest BCUT2D eigenvalue weighted by Crippen LogP contribution is -2.40. The van der Waals surface area contributed by atoms with Crippen LogP contribution in [-0.2, 0) is 0 Å². The van der Waals surface area contributed by atoms with Crippen LogP contribution >= 0.6 is 0 Å². The Hall–Kier alpha value is -2.26. The van der Waals surface area contributed by atoms with Crippen LogP contribution in [0.15, 0.2) is 28.8 Å².